The number of alkyl halides is 1. The summed E-state index contributed by atoms with van der Waals surface area (Å²) in [6, 6.07) is 4.88. The SMILES string of the molecule is Cc1ccc(C)n1C(C)CBr. The predicted molar refractivity (Wildman–Crippen MR) is 52.4 cm³/mol. The maximum Gasteiger partial charge on any atom is 0.0404 e. The van der Waals surface area contributed by atoms with Crippen molar-refractivity contribution in [2.24, 2.45) is 0 Å². The first-order valence-electron chi connectivity index (χ1n) is 3.87. The molecule has 0 bridgehead atoms. The van der Waals surface area contributed by atoms with Crippen LogP contribution in [0.3, 0.4) is 0 Å². The van der Waals surface area contributed by atoms with Crippen LogP contribution >= 0.6 is 15.9 Å². The topological polar surface area (TPSA) is 4.93 Å². The molecule has 1 heterocycles. The Morgan fingerprint density at radius 1 is 1.36 bits per heavy atom. The molecule has 0 aliphatic heterocycles. The minimum atomic E-state index is 0.560. The van der Waals surface area contributed by atoms with Gasteiger partial charge in [0.05, 0.1) is 0 Å². The second kappa shape index (κ2) is 3.44. The molecule has 0 aliphatic rings. The van der Waals surface area contributed by atoms with E-state index in [9.17, 15) is 0 Å². The molecule has 1 unspecified atom stereocenters. The van der Waals surface area contributed by atoms with Crippen LogP contribution in [0, 0.1) is 13.8 Å². The molecule has 0 saturated carbocycles. The third-order valence-electron chi connectivity index (χ3n) is 1.99. The molecular weight excluding hydrogens is 202 g/mol. The lowest BCUT2D eigenvalue weighted by Gasteiger charge is -2.15. The molecule has 0 radical (unpaired) electrons. The number of aromatic nitrogens is 1. The fourth-order valence-corrected chi connectivity index (χ4v) is 1.73. The fraction of sp³-hybridized carbons (Fsp3) is 0.556. The molecule has 1 aromatic heterocycles. The van der Waals surface area contributed by atoms with Crippen molar-refractivity contribution < 1.29 is 0 Å². The normalized spacial score (nSPS) is 13.5. The molecule has 1 rings (SSSR count). The number of hydrogen-bond acceptors (Lipinski definition) is 0. The van der Waals surface area contributed by atoms with Gasteiger partial charge in [-0.2, -0.15) is 0 Å². The smallest absolute Gasteiger partial charge is 0.0404 e. The lowest BCUT2D eigenvalue weighted by Crippen LogP contribution is -2.09. The zero-order chi connectivity index (χ0) is 8.43. The molecule has 2 heteroatoms. The Kier molecular flexibility index (Phi) is 2.77. The van der Waals surface area contributed by atoms with Crippen molar-refractivity contribution in [3.05, 3.63) is 23.5 Å². The molecule has 1 nitrogen and oxygen atoms in total. The lowest BCUT2D eigenvalue weighted by molar-refractivity contribution is 0.586. The Morgan fingerprint density at radius 2 is 1.82 bits per heavy atom. The highest BCUT2D eigenvalue weighted by Gasteiger charge is 2.06. The zero-order valence-corrected chi connectivity index (χ0v) is 8.85. The molecule has 11 heavy (non-hydrogen) atoms. The number of aryl methyl sites for hydroxylation is 2. The van der Waals surface area contributed by atoms with E-state index in [1.807, 2.05) is 0 Å². The van der Waals surface area contributed by atoms with E-state index in [0.717, 1.165) is 5.33 Å². The molecule has 62 valence electrons. The first-order chi connectivity index (χ1) is 5.16. The standard InChI is InChI=1S/C9H14BrN/c1-7-4-5-8(2)11(7)9(3)6-10/h4-5,9H,6H2,1-3H3. The lowest BCUT2D eigenvalue weighted by atomic mass is 10.3. The van der Waals surface area contributed by atoms with Crippen molar-refractivity contribution >= 4 is 15.9 Å². The highest BCUT2D eigenvalue weighted by molar-refractivity contribution is 9.09. The maximum absolute atomic E-state index is 3.48. The van der Waals surface area contributed by atoms with E-state index in [1.165, 1.54) is 11.4 Å². The van der Waals surface area contributed by atoms with Crippen molar-refractivity contribution in [2.75, 3.05) is 5.33 Å². The predicted octanol–water partition coefficient (Wildman–Crippen LogP) is 3.06. The Labute approximate surface area is 76.5 Å². The molecule has 0 spiro atoms. The van der Waals surface area contributed by atoms with Crippen molar-refractivity contribution in [1.82, 2.24) is 4.57 Å². The quantitative estimate of drug-likeness (QED) is 0.669. The van der Waals surface area contributed by atoms with Crippen molar-refractivity contribution in [3.8, 4) is 0 Å². The minimum Gasteiger partial charge on any atom is -0.346 e. The van der Waals surface area contributed by atoms with Gasteiger partial charge in [0.15, 0.2) is 0 Å². The summed E-state index contributed by atoms with van der Waals surface area (Å²) in [5.74, 6) is 0. The molecule has 0 aliphatic carbocycles. The molecule has 1 atom stereocenters. The van der Waals surface area contributed by atoms with Gasteiger partial charge >= 0.3 is 0 Å². The second-order valence-electron chi connectivity index (χ2n) is 2.99. The molecule has 0 fully saturated rings. The van der Waals surface area contributed by atoms with Crippen molar-refractivity contribution in [1.29, 1.82) is 0 Å². The van der Waals surface area contributed by atoms with Crippen LogP contribution in [0.5, 0.6) is 0 Å². The number of hydrogen-bond donors (Lipinski definition) is 0. The summed E-state index contributed by atoms with van der Waals surface area (Å²) in [4.78, 5) is 0. The van der Waals surface area contributed by atoms with E-state index < -0.39 is 0 Å². The van der Waals surface area contributed by atoms with Crippen LogP contribution in [0.2, 0.25) is 0 Å². The summed E-state index contributed by atoms with van der Waals surface area (Å²) in [6.45, 7) is 6.51. The van der Waals surface area contributed by atoms with Gasteiger partial charge in [-0.05, 0) is 32.9 Å². The van der Waals surface area contributed by atoms with E-state index in [0.29, 0.717) is 6.04 Å². The molecule has 0 N–H and O–H groups in total. The van der Waals surface area contributed by atoms with Gasteiger partial charge in [0.2, 0.25) is 0 Å². The van der Waals surface area contributed by atoms with Gasteiger partial charge in [-0.1, -0.05) is 15.9 Å². The Bertz CT molecular complexity index is 220. The van der Waals surface area contributed by atoms with Crippen LogP contribution in [-0.4, -0.2) is 9.90 Å². The highest BCUT2D eigenvalue weighted by Crippen LogP contribution is 2.16. The number of rotatable bonds is 2. The third kappa shape index (κ3) is 1.67. The van der Waals surface area contributed by atoms with E-state index >= 15 is 0 Å². The molecule has 0 amide bonds. The van der Waals surface area contributed by atoms with Gasteiger partial charge < -0.3 is 4.57 Å². The van der Waals surface area contributed by atoms with Crippen molar-refractivity contribution in [2.45, 2.75) is 26.8 Å². The highest BCUT2D eigenvalue weighted by atomic mass is 79.9. The summed E-state index contributed by atoms with van der Waals surface area (Å²) in [5, 5.41) is 1.02. The number of nitrogens with zero attached hydrogens (tertiary/aromatic N) is 1. The first kappa shape index (κ1) is 8.85. The Balaban J connectivity index is 3.00. The van der Waals surface area contributed by atoms with Crippen LogP contribution in [-0.2, 0) is 0 Å². The summed E-state index contributed by atoms with van der Waals surface area (Å²) in [6.07, 6.45) is 0. The third-order valence-corrected chi connectivity index (χ3v) is 2.93. The van der Waals surface area contributed by atoms with Gasteiger partial charge in [-0.3, -0.25) is 0 Å². The summed E-state index contributed by atoms with van der Waals surface area (Å²) >= 11 is 3.48. The molecule has 1 aromatic rings. The van der Waals surface area contributed by atoms with Gasteiger partial charge in [0, 0.05) is 22.8 Å². The fourth-order valence-electron chi connectivity index (χ4n) is 1.44. The van der Waals surface area contributed by atoms with Gasteiger partial charge in [-0.25, -0.2) is 0 Å². The van der Waals surface area contributed by atoms with Gasteiger partial charge in [-0.15, -0.1) is 0 Å². The maximum atomic E-state index is 3.48. The van der Waals surface area contributed by atoms with Gasteiger partial charge in [0.25, 0.3) is 0 Å². The van der Waals surface area contributed by atoms with Crippen LogP contribution in [0.4, 0.5) is 0 Å². The number of halogens is 1. The van der Waals surface area contributed by atoms with E-state index in [-0.39, 0.29) is 0 Å². The Hall–Kier alpha value is -0.240. The first-order valence-corrected chi connectivity index (χ1v) is 4.99. The summed E-state index contributed by atoms with van der Waals surface area (Å²) in [5.41, 5.74) is 2.68. The van der Waals surface area contributed by atoms with Crippen LogP contribution in [0.25, 0.3) is 0 Å². The summed E-state index contributed by atoms with van der Waals surface area (Å²) < 4.78 is 2.34. The molecule has 0 saturated heterocycles. The average Bonchev–Trinajstić information content (AvgIpc) is 2.30. The van der Waals surface area contributed by atoms with E-state index in [4.69, 9.17) is 0 Å². The van der Waals surface area contributed by atoms with Gasteiger partial charge in [0.1, 0.15) is 0 Å². The van der Waals surface area contributed by atoms with E-state index in [2.05, 4.69) is 53.4 Å². The van der Waals surface area contributed by atoms with E-state index in [1.54, 1.807) is 0 Å². The van der Waals surface area contributed by atoms with Crippen LogP contribution in [0.1, 0.15) is 24.4 Å². The van der Waals surface area contributed by atoms with Crippen LogP contribution in [0.15, 0.2) is 12.1 Å². The molecule has 0 aromatic carbocycles. The van der Waals surface area contributed by atoms with Crippen LogP contribution < -0.4 is 0 Å². The zero-order valence-electron chi connectivity index (χ0n) is 7.26. The average molecular weight is 216 g/mol. The summed E-state index contributed by atoms with van der Waals surface area (Å²) in [7, 11) is 0. The minimum absolute atomic E-state index is 0.560. The monoisotopic (exact) mass is 215 g/mol. The molecular formula is C9H14BrN. The Morgan fingerprint density at radius 3 is 2.18 bits per heavy atom. The largest absolute Gasteiger partial charge is 0.346 e. The van der Waals surface area contributed by atoms with Crippen molar-refractivity contribution in [3.63, 3.8) is 0 Å². The second-order valence-corrected chi connectivity index (χ2v) is 3.64.